The van der Waals surface area contributed by atoms with Crippen molar-refractivity contribution in [2.45, 2.75) is 19.9 Å². The van der Waals surface area contributed by atoms with Crippen molar-refractivity contribution in [2.75, 3.05) is 0 Å². The van der Waals surface area contributed by atoms with E-state index in [0.29, 0.717) is 23.7 Å². The minimum Gasteiger partial charge on any atom is -0.268 e. The largest absolute Gasteiger partial charge is 0.290 e. The maximum atomic E-state index is 13.1. The molecule has 0 fully saturated rings. The summed E-state index contributed by atoms with van der Waals surface area (Å²) >= 11 is 1.45. The van der Waals surface area contributed by atoms with Gasteiger partial charge in [0.05, 0.1) is 5.39 Å². The van der Waals surface area contributed by atoms with Gasteiger partial charge in [-0.25, -0.2) is 9.07 Å². The summed E-state index contributed by atoms with van der Waals surface area (Å²) in [5.41, 5.74) is 5.36. The quantitative estimate of drug-likeness (QED) is 0.323. The third kappa shape index (κ3) is 5.10. The van der Waals surface area contributed by atoms with Crippen LogP contribution in [0.5, 0.6) is 0 Å². The molecule has 2 aromatic heterocycles. The Morgan fingerprint density at radius 1 is 1.03 bits per heavy atom. The fourth-order valence-corrected chi connectivity index (χ4v) is 4.27. The van der Waals surface area contributed by atoms with Crippen LogP contribution in [-0.2, 0) is 11.3 Å². The maximum absolute atomic E-state index is 13.1. The smallest absolute Gasteiger partial charge is 0.268 e. The summed E-state index contributed by atoms with van der Waals surface area (Å²) < 4.78 is 14.4. The van der Waals surface area contributed by atoms with E-state index < -0.39 is 11.8 Å². The Morgan fingerprint density at radius 3 is 2.50 bits per heavy atom. The van der Waals surface area contributed by atoms with E-state index in [4.69, 9.17) is 0 Å². The van der Waals surface area contributed by atoms with Crippen LogP contribution < -0.4 is 16.4 Å². The van der Waals surface area contributed by atoms with E-state index in [1.807, 2.05) is 19.1 Å². The van der Waals surface area contributed by atoms with E-state index in [1.165, 1.54) is 34.2 Å². The van der Waals surface area contributed by atoms with E-state index >= 15 is 0 Å². The average Bonchev–Trinajstić information content (AvgIpc) is 3.32. The second-order valence-corrected chi connectivity index (χ2v) is 8.52. The maximum Gasteiger partial charge on any atom is 0.290 e. The van der Waals surface area contributed by atoms with E-state index in [-0.39, 0.29) is 17.1 Å². The molecule has 4 rings (SSSR count). The molecule has 2 amide bonds. The highest BCUT2D eigenvalue weighted by atomic mass is 32.1. The van der Waals surface area contributed by atoms with Crippen molar-refractivity contribution < 1.29 is 14.0 Å². The van der Waals surface area contributed by atoms with E-state index in [0.717, 1.165) is 15.3 Å². The number of halogens is 1. The van der Waals surface area contributed by atoms with Gasteiger partial charge in [-0.3, -0.25) is 25.2 Å². The number of aromatic nitrogens is 2. The average molecular weight is 477 g/mol. The van der Waals surface area contributed by atoms with E-state index in [1.54, 1.807) is 42.5 Å². The number of hydrogen-bond donors (Lipinski definition) is 2. The van der Waals surface area contributed by atoms with Crippen LogP contribution >= 0.6 is 11.3 Å². The lowest BCUT2D eigenvalue weighted by Crippen LogP contribution is -2.42. The summed E-state index contributed by atoms with van der Waals surface area (Å²) in [6.07, 6.45) is 3.60. The SMILES string of the molecule is CCCn1nc(C(=O)NNC(=O)/C=C/c2ccc(-c3ccc(F)cc3)s2)c2ccccc2c1=O. The first-order valence-corrected chi connectivity index (χ1v) is 11.4. The number of amides is 2. The molecule has 0 spiro atoms. The molecule has 4 aromatic rings. The first kappa shape index (κ1) is 23.1. The summed E-state index contributed by atoms with van der Waals surface area (Å²) in [6.45, 7) is 2.28. The molecule has 0 bridgehead atoms. The minimum atomic E-state index is -0.627. The molecule has 0 aliphatic rings. The summed E-state index contributed by atoms with van der Waals surface area (Å²) in [7, 11) is 0. The van der Waals surface area contributed by atoms with Gasteiger partial charge in [0.15, 0.2) is 5.69 Å². The predicted molar refractivity (Wildman–Crippen MR) is 131 cm³/mol. The topological polar surface area (TPSA) is 93.1 Å². The zero-order valence-electron chi connectivity index (χ0n) is 18.2. The fraction of sp³-hybridized carbons (Fsp3) is 0.120. The number of aryl methyl sites for hydroxylation is 1. The Morgan fingerprint density at radius 2 is 1.76 bits per heavy atom. The van der Waals surface area contributed by atoms with Gasteiger partial charge in [0, 0.05) is 27.8 Å². The molecule has 0 radical (unpaired) electrons. The molecule has 0 saturated heterocycles. The molecule has 0 atom stereocenters. The van der Waals surface area contributed by atoms with Crippen LogP contribution in [0.2, 0.25) is 0 Å². The van der Waals surface area contributed by atoms with Crippen molar-refractivity contribution in [3.63, 3.8) is 0 Å². The zero-order valence-corrected chi connectivity index (χ0v) is 19.1. The molecular weight excluding hydrogens is 455 g/mol. The second kappa shape index (κ2) is 10.2. The molecule has 2 heterocycles. The number of fused-ring (bicyclic) bond motifs is 1. The fourth-order valence-electron chi connectivity index (χ4n) is 3.35. The van der Waals surface area contributed by atoms with Gasteiger partial charge in [0.2, 0.25) is 0 Å². The van der Waals surface area contributed by atoms with Gasteiger partial charge in [-0.05, 0) is 48.4 Å². The van der Waals surface area contributed by atoms with Crippen LogP contribution in [0.3, 0.4) is 0 Å². The second-order valence-electron chi connectivity index (χ2n) is 7.41. The summed E-state index contributed by atoms with van der Waals surface area (Å²) in [5.74, 6) is -1.46. The van der Waals surface area contributed by atoms with E-state index in [2.05, 4.69) is 16.0 Å². The predicted octanol–water partition coefficient (Wildman–Crippen LogP) is 4.15. The number of benzene rings is 2. The van der Waals surface area contributed by atoms with Gasteiger partial charge in [-0.15, -0.1) is 11.3 Å². The van der Waals surface area contributed by atoms with Crippen LogP contribution in [0.25, 0.3) is 27.3 Å². The van der Waals surface area contributed by atoms with Gasteiger partial charge in [0.1, 0.15) is 5.82 Å². The highest BCUT2D eigenvalue weighted by Crippen LogP contribution is 2.28. The molecule has 0 unspecified atom stereocenters. The van der Waals surface area contributed by atoms with Crippen LogP contribution in [0, 0.1) is 5.82 Å². The lowest BCUT2D eigenvalue weighted by atomic mass is 10.1. The summed E-state index contributed by atoms with van der Waals surface area (Å²) in [4.78, 5) is 39.3. The molecule has 2 aromatic carbocycles. The lowest BCUT2D eigenvalue weighted by Gasteiger charge is -2.10. The molecule has 9 heteroatoms. The number of nitrogens with one attached hydrogen (secondary N) is 2. The number of carbonyl (C=O) groups excluding carboxylic acids is 2. The van der Waals surface area contributed by atoms with Crippen LogP contribution in [-0.4, -0.2) is 21.6 Å². The Bertz CT molecular complexity index is 1440. The monoisotopic (exact) mass is 476 g/mol. The van der Waals surface area contributed by atoms with Gasteiger partial charge >= 0.3 is 0 Å². The van der Waals surface area contributed by atoms with Crippen LogP contribution in [0.15, 0.2) is 71.5 Å². The van der Waals surface area contributed by atoms with Gasteiger partial charge < -0.3 is 0 Å². The third-order valence-corrected chi connectivity index (χ3v) is 6.07. The number of thiophene rings is 1. The Hall–Kier alpha value is -4.11. The number of hydrogen-bond acceptors (Lipinski definition) is 5. The highest BCUT2D eigenvalue weighted by molar-refractivity contribution is 7.16. The molecular formula is C25H21FN4O3S. The van der Waals surface area contributed by atoms with Gasteiger partial charge in [-0.1, -0.05) is 37.3 Å². The minimum absolute atomic E-state index is 0.0510. The molecule has 172 valence electrons. The van der Waals surface area contributed by atoms with Crippen molar-refractivity contribution in [3.05, 3.63) is 93.5 Å². The standard InChI is InChI=1S/C25H21FN4O3S/c1-2-15-30-25(33)20-6-4-3-5-19(20)23(29-30)24(32)28-27-22(31)14-12-18-11-13-21(34-18)16-7-9-17(26)10-8-16/h3-14H,2,15H2,1H3,(H,27,31)(H,28,32)/b14-12+. The number of rotatable bonds is 6. The molecule has 0 aliphatic carbocycles. The highest BCUT2D eigenvalue weighted by Gasteiger charge is 2.16. The molecule has 7 nitrogen and oxygen atoms in total. The molecule has 0 aliphatic heterocycles. The number of nitrogens with zero attached hydrogens (tertiary/aromatic N) is 2. The van der Waals surface area contributed by atoms with Crippen molar-refractivity contribution in [2.24, 2.45) is 0 Å². The zero-order chi connectivity index (χ0) is 24.1. The van der Waals surface area contributed by atoms with Crippen molar-refractivity contribution >= 4 is 40.0 Å². The van der Waals surface area contributed by atoms with Crippen molar-refractivity contribution in [3.8, 4) is 10.4 Å². The van der Waals surface area contributed by atoms with E-state index in [9.17, 15) is 18.8 Å². The Labute approximate surface area is 198 Å². The van der Waals surface area contributed by atoms with Crippen LogP contribution in [0.4, 0.5) is 4.39 Å². The molecule has 0 saturated carbocycles. The third-order valence-electron chi connectivity index (χ3n) is 4.97. The van der Waals surface area contributed by atoms with Crippen molar-refractivity contribution in [1.29, 1.82) is 0 Å². The number of hydrazine groups is 1. The summed E-state index contributed by atoms with van der Waals surface area (Å²) in [5, 5.41) is 5.00. The molecule has 34 heavy (non-hydrogen) atoms. The first-order valence-electron chi connectivity index (χ1n) is 10.6. The number of carbonyl (C=O) groups is 2. The molecule has 2 N–H and O–H groups in total. The van der Waals surface area contributed by atoms with Gasteiger partial charge in [0.25, 0.3) is 17.4 Å². The Kier molecular flexibility index (Phi) is 6.93. The van der Waals surface area contributed by atoms with Gasteiger partial charge in [-0.2, -0.15) is 5.10 Å². The summed E-state index contributed by atoms with van der Waals surface area (Å²) in [6, 6.07) is 16.6. The normalized spacial score (nSPS) is 11.1. The lowest BCUT2D eigenvalue weighted by molar-refractivity contribution is -0.117. The first-order chi connectivity index (χ1) is 16.5. The van der Waals surface area contributed by atoms with Crippen LogP contribution in [0.1, 0.15) is 28.7 Å². The Balaban J connectivity index is 1.44. The van der Waals surface area contributed by atoms with Crippen molar-refractivity contribution in [1.82, 2.24) is 20.6 Å².